The number of aromatic nitrogens is 4. The van der Waals surface area contributed by atoms with Gasteiger partial charge in [-0.05, 0) is 57.7 Å². The van der Waals surface area contributed by atoms with Gasteiger partial charge < -0.3 is 9.42 Å². The van der Waals surface area contributed by atoms with Gasteiger partial charge in [-0.1, -0.05) is 5.16 Å². The SMILES string of the molecule is Cc1ncc(-c2ccncc2)c([C@H]2CCCCN2C(=O)c2c(C)noc2C)n1. The van der Waals surface area contributed by atoms with E-state index in [9.17, 15) is 4.79 Å². The standard InChI is InChI=1S/C21H23N5O2/c1-13-19(14(2)28-25-13)21(27)26-11-5-4-6-18(26)20-17(12-23-15(3)24-20)16-7-9-22-10-8-16/h7-10,12,18H,4-6,11H2,1-3H3/t18-/m1/s1. The van der Waals surface area contributed by atoms with Gasteiger partial charge in [0, 0.05) is 30.7 Å². The highest BCUT2D eigenvalue weighted by atomic mass is 16.5. The summed E-state index contributed by atoms with van der Waals surface area (Å²) < 4.78 is 5.23. The normalized spacial score (nSPS) is 17.0. The molecule has 3 aromatic heterocycles. The van der Waals surface area contributed by atoms with Crippen molar-refractivity contribution in [2.75, 3.05) is 6.54 Å². The van der Waals surface area contributed by atoms with E-state index in [4.69, 9.17) is 9.51 Å². The number of hydrogen-bond acceptors (Lipinski definition) is 6. The maximum atomic E-state index is 13.4. The summed E-state index contributed by atoms with van der Waals surface area (Å²) in [6.07, 6.45) is 8.25. The summed E-state index contributed by atoms with van der Waals surface area (Å²) in [7, 11) is 0. The molecule has 1 aliphatic heterocycles. The third-order valence-corrected chi connectivity index (χ3v) is 5.26. The molecule has 0 spiro atoms. The molecular formula is C21H23N5O2. The zero-order valence-corrected chi connectivity index (χ0v) is 16.3. The minimum atomic E-state index is -0.111. The van der Waals surface area contributed by atoms with Gasteiger partial charge in [0.15, 0.2) is 0 Å². The summed E-state index contributed by atoms with van der Waals surface area (Å²) in [5.41, 5.74) is 4.01. The Bertz CT molecular complexity index is 980. The van der Waals surface area contributed by atoms with Gasteiger partial charge >= 0.3 is 0 Å². The number of carbonyl (C=O) groups excluding carboxylic acids is 1. The summed E-state index contributed by atoms with van der Waals surface area (Å²) in [5, 5.41) is 3.95. The van der Waals surface area contributed by atoms with Gasteiger partial charge in [-0.2, -0.15) is 0 Å². The smallest absolute Gasteiger partial charge is 0.259 e. The van der Waals surface area contributed by atoms with E-state index in [0.717, 1.165) is 36.1 Å². The molecule has 1 atom stereocenters. The van der Waals surface area contributed by atoms with Crippen molar-refractivity contribution in [1.29, 1.82) is 0 Å². The van der Waals surface area contributed by atoms with E-state index >= 15 is 0 Å². The number of nitrogens with zero attached hydrogens (tertiary/aromatic N) is 5. The van der Waals surface area contributed by atoms with Gasteiger partial charge in [-0.25, -0.2) is 9.97 Å². The molecule has 1 aliphatic rings. The van der Waals surface area contributed by atoms with E-state index in [0.29, 0.717) is 29.4 Å². The van der Waals surface area contributed by atoms with Crippen molar-refractivity contribution in [3.05, 3.63) is 59.3 Å². The predicted octanol–water partition coefficient (Wildman–Crippen LogP) is 3.82. The van der Waals surface area contributed by atoms with Crippen molar-refractivity contribution in [2.24, 2.45) is 0 Å². The van der Waals surface area contributed by atoms with E-state index in [1.165, 1.54) is 0 Å². The fourth-order valence-corrected chi connectivity index (χ4v) is 3.89. The molecule has 0 aliphatic carbocycles. The first-order valence-corrected chi connectivity index (χ1v) is 9.54. The fraction of sp³-hybridized carbons (Fsp3) is 0.381. The lowest BCUT2D eigenvalue weighted by molar-refractivity contribution is 0.0604. The molecule has 0 unspecified atom stereocenters. The topological polar surface area (TPSA) is 85.0 Å². The first kappa shape index (κ1) is 18.3. The third kappa shape index (κ3) is 3.28. The fourth-order valence-electron chi connectivity index (χ4n) is 3.89. The lowest BCUT2D eigenvalue weighted by Gasteiger charge is -2.36. The van der Waals surface area contributed by atoms with Crippen LogP contribution in [-0.2, 0) is 0 Å². The summed E-state index contributed by atoms with van der Waals surface area (Å²) in [5.74, 6) is 1.21. The summed E-state index contributed by atoms with van der Waals surface area (Å²) in [4.78, 5) is 28.6. The molecule has 4 heterocycles. The largest absolute Gasteiger partial charge is 0.361 e. The van der Waals surface area contributed by atoms with Crippen molar-refractivity contribution in [1.82, 2.24) is 25.0 Å². The van der Waals surface area contributed by atoms with Crippen LogP contribution < -0.4 is 0 Å². The van der Waals surface area contributed by atoms with Crippen molar-refractivity contribution < 1.29 is 9.32 Å². The van der Waals surface area contributed by atoms with E-state index in [1.807, 2.05) is 30.2 Å². The molecule has 144 valence electrons. The Balaban J connectivity index is 1.79. The molecule has 1 fully saturated rings. The molecule has 0 bridgehead atoms. The van der Waals surface area contributed by atoms with Crippen molar-refractivity contribution >= 4 is 5.91 Å². The van der Waals surface area contributed by atoms with Crippen LogP contribution in [0, 0.1) is 20.8 Å². The zero-order valence-electron chi connectivity index (χ0n) is 16.3. The highest BCUT2D eigenvalue weighted by Gasteiger charge is 2.34. The zero-order chi connectivity index (χ0) is 19.7. The van der Waals surface area contributed by atoms with Crippen LogP contribution in [0.4, 0.5) is 0 Å². The van der Waals surface area contributed by atoms with Crippen molar-refractivity contribution in [2.45, 2.75) is 46.1 Å². The summed E-state index contributed by atoms with van der Waals surface area (Å²) in [6.45, 7) is 6.15. The van der Waals surface area contributed by atoms with E-state index in [-0.39, 0.29) is 11.9 Å². The summed E-state index contributed by atoms with van der Waals surface area (Å²) >= 11 is 0. The van der Waals surface area contributed by atoms with Crippen LogP contribution in [0.2, 0.25) is 0 Å². The van der Waals surface area contributed by atoms with Gasteiger partial charge in [-0.15, -0.1) is 0 Å². The molecule has 0 N–H and O–H groups in total. The first-order valence-electron chi connectivity index (χ1n) is 9.54. The molecule has 3 aromatic rings. The average molecular weight is 377 g/mol. The number of amides is 1. The van der Waals surface area contributed by atoms with E-state index in [2.05, 4.69) is 15.1 Å². The second-order valence-electron chi connectivity index (χ2n) is 7.16. The highest BCUT2D eigenvalue weighted by Crippen LogP contribution is 2.36. The van der Waals surface area contributed by atoms with Crippen LogP contribution in [0.1, 0.15) is 58.6 Å². The predicted molar refractivity (Wildman–Crippen MR) is 104 cm³/mol. The van der Waals surface area contributed by atoms with Gasteiger partial charge in [0.05, 0.1) is 17.4 Å². The van der Waals surface area contributed by atoms with Gasteiger partial charge in [0.1, 0.15) is 17.1 Å². The molecule has 1 saturated heterocycles. The van der Waals surface area contributed by atoms with E-state index in [1.54, 1.807) is 26.2 Å². The number of carbonyl (C=O) groups is 1. The molecule has 7 heteroatoms. The Kier molecular flexibility index (Phi) is 4.90. The Morgan fingerprint density at radius 2 is 1.96 bits per heavy atom. The lowest BCUT2D eigenvalue weighted by atomic mass is 9.93. The number of pyridine rings is 1. The third-order valence-electron chi connectivity index (χ3n) is 5.26. The second-order valence-corrected chi connectivity index (χ2v) is 7.16. The number of rotatable bonds is 3. The maximum absolute atomic E-state index is 13.4. The van der Waals surface area contributed by atoms with Crippen LogP contribution in [0.25, 0.3) is 11.1 Å². The highest BCUT2D eigenvalue weighted by molar-refractivity contribution is 5.96. The Morgan fingerprint density at radius 1 is 1.18 bits per heavy atom. The minimum Gasteiger partial charge on any atom is -0.361 e. The van der Waals surface area contributed by atoms with Crippen LogP contribution >= 0.6 is 0 Å². The minimum absolute atomic E-state index is 0.0436. The molecule has 0 radical (unpaired) electrons. The van der Waals surface area contributed by atoms with Crippen molar-refractivity contribution in [3.63, 3.8) is 0 Å². The van der Waals surface area contributed by atoms with Gasteiger partial charge in [-0.3, -0.25) is 9.78 Å². The Hall–Kier alpha value is -3.09. The van der Waals surface area contributed by atoms with Crippen LogP contribution in [-0.4, -0.2) is 37.5 Å². The van der Waals surface area contributed by atoms with Crippen LogP contribution in [0.3, 0.4) is 0 Å². The first-order chi connectivity index (χ1) is 13.6. The van der Waals surface area contributed by atoms with Gasteiger partial charge in [0.25, 0.3) is 5.91 Å². The molecule has 0 aromatic carbocycles. The maximum Gasteiger partial charge on any atom is 0.259 e. The van der Waals surface area contributed by atoms with Crippen LogP contribution in [0.15, 0.2) is 35.2 Å². The number of hydrogen-bond donors (Lipinski definition) is 0. The molecule has 1 amide bonds. The number of likely N-dealkylation sites (tertiary alicyclic amines) is 1. The lowest BCUT2D eigenvalue weighted by Crippen LogP contribution is -2.39. The molecule has 0 saturated carbocycles. The monoisotopic (exact) mass is 377 g/mol. The van der Waals surface area contributed by atoms with E-state index < -0.39 is 0 Å². The Morgan fingerprint density at radius 3 is 2.68 bits per heavy atom. The molecule has 7 nitrogen and oxygen atoms in total. The molecule has 28 heavy (non-hydrogen) atoms. The molecule has 4 rings (SSSR count). The second kappa shape index (κ2) is 7.50. The average Bonchev–Trinajstić information content (AvgIpc) is 3.06. The Labute approximate surface area is 163 Å². The summed E-state index contributed by atoms with van der Waals surface area (Å²) in [6, 6.07) is 3.78. The van der Waals surface area contributed by atoms with Crippen LogP contribution in [0.5, 0.6) is 0 Å². The quantitative estimate of drug-likeness (QED) is 0.690. The van der Waals surface area contributed by atoms with Gasteiger partial charge in [0.2, 0.25) is 0 Å². The molecular weight excluding hydrogens is 354 g/mol. The number of piperidine rings is 1. The number of aryl methyl sites for hydroxylation is 3. The van der Waals surface area contributed by atoms with Crippen molar-refractivity contribution in [3.8, 4) is 11.1 Å².